The van der Waals surface area contributed by atoms with Gasteiger partial charge in [0.1, 0.15) is 0 Å². The Morgan fingerprint density at radius 3 is 2.74 bits per heavy atom. The Kier molecular flexibility index (Phi) is 5.99. The molecule has 2 aromatic rings. The Balaban J connectivity index is 1.88. The molecule has 23 heavy (non-hydrogen) atoms. The van der Waals surface area contributed by atoms with Gasteiger partial charge in [-0.25, -0.2) is 4.39 Å². The lowest BCUT2D eigenvalue weighted by Crippen LogP contribution is -2.26. The molecule has 122 valence electrons. The topological polar surface area (TPSA) is 38.3 Å². The summed E-state index contributed by atoms with van der Waals surface area (Å²) in [4.78, 5) is 12.0. The number of aryl methyl sites for hydroxylation is 1. The largest absolute Gasteiger partial charge is 0.494 e. The number of ether oxygens (including phenoxy) is 1. The molecule has 0 saturated heterocycles. The first-order chi connectivity index (χ1) is 11.0. The molecule has 0 aliphatic carbocycles. The van der Waals surface area contributed by atoms with E-state index in [1.807, 2.05) is 25.1 Å². The molecule has 2 aromatic carbocycles. The third-order valence-corrected chi connectivity index (χ3v) is 3.82. The first-order valence-corrected chi connectivity index (χ1v) is 7.74. The minimum Gasteiger partial charge on any atom is -0.494 e. The van der Waals surface area contributed by atoms with Crippen LogP contribution in [0.5, 0.6) is 5.75 Å². The second-order valence-corrected chi connectivity index (χ2v) is 5.75. The summed E-state index contributed by atoms with van der Waals surface area (Å²) < 4.78 is 18.5. The van der Waals surface area contributed by atoms with Gasteiger partial charge < -0.3 is 10.1 Å². The standard InChI is InChI=1S/C18H19ClFNO2/c1-12(14-4-3-5-15(19)11-14)21-18(22)9-7-13-6-8-17(23-2)16(20)10-13/h3-6,8,10-12H,7,9H2,1-2H3,(H,21,22). The summed E-state index contributed by atoms with van der Waals surface area (Å²) in [6, 6.07) is 12.0. The summed E-state index contributed by atoms with van der Waals surface area (Å²) >= 11 is 5.95. The SMILES string of the molecule is COc1ccc(CCC(=O)NC(C)c2cccc(Cl)c2)cc1F. The van der Waals surface area contributed by atoms with Gasteiger partial charge >= 0.3 is 0 Å². The van der Waals surface area contributed by atoms with Crippen LogP contribution in [-0.4, -0.2) is 13.0 Å². The average molecular weight is 336 g/mol. The smallest absolute Gasteiger partial charge is 0.220 e. The lowest BCUT2D eigenvalue weighted by Gasteiger charge is -2.14. The number of methoxy groups -OCH3 is 1. The van der Waals surface area contributed by atoms with E-state index in [9.17, 15) is 9.18 Å². The van der Waals surface area contributed by atoms with Gasteiger partial charge in [0.25, 0.3) is 0 Å². The predicted octanol–water partition coefficient (Wildman–Crippen LogP) is 4.30. The summed E-state index contributed by atoms with van der Waals surface area (Å²) in [6.07, 6.45) is 0.756. The van der Waals surface area contributed by atoms with E-state index >= 15 is 0 Å². The first kappa shape index (κ1) is 17.3. The number of benzene rings is 2. The Morgan fingerprint density at radius 1 is 1.30 bits per heavy atom. The fourth-order valence-electron chi connectivity index (χ4n) is 2.30. The fraction of sp³-hybridized carbons (Fsp3) is 0.278. The molecule has 0 spiro atoms. The van der Waals surface area contributed by atoms with Gasteiger partial charge in [-0.1, -0.05) is 29.8 Å². The predicted molar refractivity (Wildman–Crippen MR) is 89.3 cm³/mol. The van der Waals surface area contributed by atoms with Crippen LogP contribution in [0.25, 0.3) is 0 Å². The Bertz CT molecular complexity index is 690. The number of carbonyl (C=O) groups excluding carboxylic acids is 1. The number of halogens is 2. The van der Waals surface area contributed by atoms with Crippen molar-refractivity contribution in [3.63, 3.8) is 0 Å². The molecule has 1 atom stereocenters. The van der Waals surface area contributed by atoms with Gasteiger partial charge in [0.2, 0.25) is 5.91 Å². The maximum atomic E-state index is 13.6. The monoisotopic (exact) mass is 335 g/mol. The van der Waals surface area contributed by atoms with Gasteiger partial charge in [-0.05, 0) is 48.7 Å². The maximum Gasteiger partial charge on any atom is 0.220 e. The number of amides is 1. The van der Waals surface area contributed by atoms with Gasteiger partial charge in [-0.15, -0.1) is 0 Å². The minimum absolute atomic E-state index is 0.0892. The van der Waals surface area contributed by atoms with Crippen LogP contribution in [0.2, 0.25) is 5.02 Å². The van der Waals surface area contributed by atoms with Crippen molar-refractivity contribution >= 4 is 17.5 Å². The van der Waals surface area contributed by atoms with Gasteiger partial charge in [-0.2, -0.15) is 0 Å². The maximum absolute atomic E-state index is 13.6. The van der Waals surface area contributed by atoms with E-state index in [-0.39, 0.29) is 24.1 Å². The molecule has 1 amide bonds. The molecule has 5 heteroatoms. The second kappa shape index (κ2) is 7.97. The number of hydrogen-bond acceptors (Lipinski definition) is 2. The zero-order valence-electron chi connectivity index (χ0n) is 13.1. The normalized spacial score (nSPS) is 11.8. The second-order valence-electron chi connectivity index (χ2n) is 5.31. The zero-order chi connectivity index (χ0) is 16.8. The highest BCUT2D eigenvalue weighted by atomic mass is 35.5. The van der Waals surface area contributed by atoms with E-state index in [4.69, 9.17) is 16.3 Å². The van der Waals surface area contributed by atoms with Crippen LogP contribution in [0.3, 0.4) is 0 Å². The lowest BCUT2D eigenvalue weighted by molar-refractivity contribution is -0.121. The van der Waals surface area contributed by atoms with E-state index in [2.05, 4.69) is 5.32 Å². The van der Waals surface area contributed by atoms with Crippen LogP contribution in [0.4, 0.5) is 4.39 Å². The van der Waals surface area contributed by atoms with Crippen LogP contribution in [-0.2, 0) is 11.2 Å². The van der Waals surface area contributed by atoms with Crippen molar-refractivity contribution in [2.24, 2.45) is 0 Å². The summed E-state index contributed by atoms with van der Waals surface area (Å²) in [5.74, 6) is -0.306. The molecule has 1 N–H and O–H groups in total. The summed E-state index contributed by atoms with van der Waals surface area (Å²) in [7, 11) is 1.42. The quantitative estimate of drug-likeness (QED) is 0.854. The molecule has 2 rings (SSSR count). The van der Waals surface area contributed by atoms with Crippen LogP contribution in [0.15, 0.2) is 42.5 Å². The summed E-state index contributed by atoms with van der Waals surface area (Å²) in [5, 5.41) is 3.55. The number of rotatable bonds is 6. The highest BCUT2D eigenvalue weighted by Crippen LogP contribution is 2.19. The minimum atomic E-state index is -0.419. The third kappa shape index (κ3) is 4.96. The van der Waals surface area contributed by atoms with Crippen molar-refractivity contribution in [2.75, 3.05) is 7.11 Å². The summed E-state index contributed by atoms with van der Waals surface area (Å²) in [6.45, 7) is 1.90. The molecular formula is C18H19ClFNO2. The van der Waals surface area contributed by atoms with Crippen molar-refractivity contribution in [3.05, 3.63) is 64.4 Å². The molecule has 0 aliphatic heterocycles. The highest BCUT2D eigenvalue weighted by Gasteiger charge is 2.11. The van der Waals surface area contributed by atoms with Crippen LogP contribution in [0, 0.1) is 5.82 Å². The third-order valence-electron chi connectivity index (χ3n) is 3.58. The highest BCUT2D eigenvalue weighted by molar-refractivity contribution is 6.30. The molecule has 3 nitrogen and oxygen atoms in total. The van der Waals surface area contributed by atoms with Gasteiger partial charge in [0.15, 0.2) is 11.6 Å². The van der Waals surface area contributed by atoms with E-state index in [0.717, 1.165) is 11.1 Å². The number of carbonyl (C=O) groups is 1. The van der Waals surface area contributed by atoms with Gasteiger partial charge in [0.05, 0.1) is 13.2 Å². The molecular weight excluding hydrogens is 317 g/mol. The summed E-state index contributed by atoms with van der Waals surface area (Å²) in [5.41, 5.74) is 1.70. The zero-order valence-corrected chi connectivity index (χ0v) is 13.9. The Hall–Kier alpha value is -2.07. The van der Waals surface area contributed by atoms with E-state index < -0.39 is 5.82 Å². The van der Waals surface area contributed by atoms with E-state index in [1.54, 1.807) is 18.2 Å². The van der Waals surface area contributed by atoms with Crippen LogP contribution < -0.4 is 10.1 Å². The molecule has 0 aliphatic rings. The fourth-order valence-corrected chi connectivity index (χ4v) is 2.49. The van der Waals surface area contributed by atoms with Crippen molar-refractivity contribution in [1.29, 1.82) is 0 Å². The average Bonchev–Trinajstić information content (AvgIpc) is 2.53. The lowest BCUT2D eigenvalue weighted by atomic mass is 10.1. The molecule has 0 heterocycles. The van der Waals surface area contributed by atoms with Crippen LogP contribution >= 0.6 is 11.6 Å². The van der Waals surface area contributed by atoms with Crippen molar-refractivity contribution in [3.8, 4) is 5.75 Å². The molecule has 0 fully saturated rings. The molecule has 0 saturated carbocycles. The molecule has 0 radical (unpaired) electrons. The van der Waals surface area contributed by atoms with Crippen LogP contribution in [0.1, 0.15) is 30.5 Å². The van der Waals surface area contributed by atoms with E-state index in [0.29, 0.717) is 11.4 Å². The molecule has 0 bridgehead atoms. The van der Waals surface area contributed by atoms with Crippen molar-refractivity contribution in [1.82, 2.24) is 5.32 Å². The van der Waals surface area contributed by atoms with Gasteiger partial charge in [0, 0.05) is 11.4 Å². The van der Waals surface area contributed by atoms with E-state index in [1.165, 1.54) is 13.2 Å². The van der Waals surface area contributed by atoms with Crippen molar-refractivity contribution in [2.45, 2.75) is 25.8 Å². The first-order valence-electron chi connectivity index (χ1n) is 7.37. The van der Waals surface area contributed by atoms with Gasteiger partial charge in [-0.3, -0.25) is 4.79 Å². The molecule has 1 unspecified atom stereocenters. The Labute approximate surface area is 140 Å². The number of hydrogen-bond donors (Lipinski definition) is 1. The van der Waals surface area contributed by atoms with Crippen molar-refractivity contribution < 1.29 is 13.9 Å². The molecule has 0 aromatic heterocycles. The Morgan fingerprint density at radius 2 is 2.09 bits per heavy atom. The number of nitrogens with one attached hydrogen (secondary N) is 1.